The second-order valence-electron chi connectivity index (χ2n) is 5.02. The number of nitrogens with zero attached hydrogens (tertiary/aromatic N) is 1. The largest absolute Gasteiger partial charge is 0.437 e. The molecule has 0 spiro atoms. The normalized spacial score (nSPS) is 22.6. The monoisotopic (exact) mass is 269 g/mol. The Hall–Kier alpha value is -0.975. The number of hydrogen-bond donors (Lipinski definition) is 1. The van der Waals surface area contributed by atoms with Crippen molar-refractivity contribution in [1.82, 2.24) is 4.81 Å². The summed E-state index contributed by atoms with van der Waals surface area (Å²) in [5.74, 6) is -2.74. The maximum absolute atomic E-state index is 13.3. The minimum absolute atomic E-state index is 0.204. The molecule has 0 unspecified atom stereocenters. The van der Waals surface area contributed by atoms with Crippen LogP contribution >= 0.6 is 0 Å². The molecule has 1 fully saturated rings. The van der Waals surface area contributed by atoms with Crippen LogP contribution < -0.4 is 0 Å². The van der Waals surface area contributed by atoms with Gasteiger partial charge in [-0.15, -0.1) is 0 Å². The minimum atomic E-state index is -2.74. The van der Waals surface area contributed by atoms with E-state index < -0.39 is 25.6 Å². The van der Waals surface area contributed by atoms with Gasteiger partial charge in [-0.3, -0.25) is 0 Å². The first-order valence-corrected chi connectivity index (χ1v) is 6.41. The van der Waals surface area contributed by atoms with Crippen molar-refractivity contribution in [1.29, 1.82) is 0 Å². The predicted octanol–water partition coefficient (Wildman–Crippen LogP) is 2.02. The molecule has 0 saturated carbocycles. The van der Waals surface area contributed by atoms with Gasteiger partial charge < -0.3 is 14.6 Å². The van der Waals surface area contributed by atoms with Gasteiger partial charge in [0.2, 0.25) is 0 Å². The lowest BCUT2D eigenvalue weighted by molar-refractivity contribution is 0.0137. The molecule has 1 aromatic rings. The van der Waals surface area contributed by atoms with Gasteiger partial charge in [0, 0.05) is 12.5 Å². The SMILES string of the molecule is CB(O)N1CC(F)(F)C[C@H]1COCc1ccccc1. The summed E-state index contributed by atoms with van der Waals surface area (Å²) in [6, 6.07) is 9.15. The zero-order valence-corrected chi connectivity index (χ0v) is 10.9. The maximum atomic E-state index is 13.3. The first-order valence-electron chi connectivity index (χ1n) is 6.41. The van der Waals surface area contributed by atoms with Crippen LogP contribution in [0.1, 0.15) is 12.0 Å². The van der Waals surface area contributed by atoms with Crippen molar-refractivity contribution < 1.29 is 18.5 Å². The molecule has 3 nitrogen and oxygen atoms in total. The molecule has 1 atom stereocenters. The Labute approximate surface area is 112 Å². The highest BCUT2D eigenvalue weighted by Gasteiger charge is 2.47. The van der Waals surface area contributed by atoms with Crippen LogP contribution in [-0.4, -0.2) is 42.0 Å². The summed E-state index contributed by atoms with van der Waals surface area (Å²) in [4.78, 5) is 1.39. The summed E-state index contributed by atoms with van der Waals surface area (Å²) >= 11 is 0. The van der Waals surface area contributed by atoms with Crippen LogP contribution in [0, 0.1) is 0 Å². The first-order chi connectivity index (χ1) is 8.98. The van der Waals surface area contributed by atoms with E-state index in [1.165, 1.54) is 11.6 Å². The third-order valence-electron chi connectivity index (χ3n) is 3.32. The molecule has 0 bridgehead atoms. The summed E-state index contributed by atoms with van der Waals surface area (Å²) in [5.41, 5.74) is 1.01. The fourth-order valence-corrected chi connectivity index (χ4v) is 2.40. The quantitative estimate of drug-likeness (QED) is 0.830. The summed E-state index contributed by atoms with van der Waals surface area (Å²) in [7, 11) is -0.876. The van der Waals surface area contributed by atoms with Gasteiger partial charge in [0.15, 0.2) is 0 Å². The molecule has 0 amide bonds. The van der Waals surface area contributed by atoms with Crippen molar-refractivity contribution in [2.24, 2.45) is 0 Å². The summed E-state index contributed by atoms with van der Waals surface area (Å²) in [5, 5.41) is 9.51. The number of rotatable bonds is 5. The van der Waals surface area contributed by atoms with E-state index in [0.717, 1.165) is 5.56 Å². The molecule has 1 heterocycles. The lowest BCUT2D eigenvalue weighted by Gasteiger charge is -2.24. The van der Waals surface area contributed by atoms with E-state index in [1.54, 1.807) is 0 Å². The van der Waals surface area contributed by atoms with Crippen LogP contribution in [-0.2, 0) is 11.3 Å². The van der Waals surface area contributed by atoms with Gasteiger partial charge in [-0.05, 0) is 12.4 Å². The molecule has 1 N–H and O–H groups in total. The Balaban J connectivity index is 1.84. The van der Waals surface area contributed by atoms with Crippen molar-refractivity contribution in [2.75, 3.05) is 13.2 Å². The summed E-state index contributed by atoms with van der Waals surface area (Å²) in [6.07, 6.45) is -0.257. The van der Waals surface area contributed by atoms with E-state index in [0.29, 0.717) is 6.61 Å². The van der Waals surface area contributed by atoms with Crippen molar-refractivity contribution in [3.05, 3.63) is 35.9 Å². The Kier molecular flexibility index (Phi) is 4.55. The molecule has 6 heteroatoms. The average Bonchev–Trinajstić information content (AvgIpc) is 2.66. The molecule has 2 rings (SSSR count). The van der Waals surface area contributed by atoms with Gasteiger partial charge in [-0.1, -0.05) is 30.3 Å². The van der Waals surface area contributed by atoms with Crippen LogP contribution in [0.4, 0.5) is 8.78 Å². The number of halogens is 2. The standard InChI is InChI=1S/C13H18BF2NO2/c1-14(18)17-10-13(15,16)7-12(17)9-19-8-11-5-3-2-4-6-11/h2-6,12,18H,7-10H2,1H3/t12-/m0/s1. The fourth-order valence-electron chi connectivity index (χ4n) is 2.40. The number of ether oxygens (including phenoxy) is 1. The molecule has 0 radical (unpaired) electrons. The molecule has 1 aromatic carbocycles. The highest BCUT2D eigenvalue weighted by Crippen LogP contribution is 2.32. The Morgan fingerprint density at radius 1 is 1.42 bits per heavy atom. The van der Waals surface area contributed by atoms with E-state index >= 15 is 0 Å². The molecule has 0 aliphatic carbocycles. The summed E-state index contributed by atoms with van der Waals surface area (Å²) < 4.78 is 32.2. The van der Waals surface area contributed by atoms with Crippen molar-refractivity contribution in [2.45, 2.75) is 31.8 Å². The zero-order valence-electron chi connectivity index (χ0n) is 10.9. The van der Waals surface area contributed by atoms with Gasteiger partial charge in [-0.25, -0.2) is 8.78 Å². The number of alkyl halides is 2. The number of benzene rings is 1. The minimum Gasteiger partial charge on any atom is -0.437 e. The predicted molar refractivity (Wildman–Crippen MR) is 70.0 cm³/mol. The molecular formula is C13H18BF2NO2. The molecule has 1 saturated heterocycles. The van der Waals surface area contributed by atoms with Gasteiger partial charge in [0.25, 0.3) is 5.92 Å². The fraction of sp³-hybridized carbons (Fsp3) is 0.538. The Morgan fingerprint density at radius 3 is 2.74 bits per heavy atom. The van der Waals surface area contributed by atoms with Crippen LogP contribution in [0.15, 0.2) is 30.3 Å². The lowest BCUT2D eigenvalue weighted by atomic mass is 9.84. The molecule has 104 valence electrons. The van der Waals surface area contributed by atoms with Crippen molar-refractivity contribution in [3.63, 3.8) is 0 Å². The van der Waals surface area contributed by atoms with E-state index in [2.05, 4.69) is 0 Å². The molecule has 1 aliphatic rings. The Morgan fingerprint density at radius 2 is 2.11 bits per heavy atom. The second kappa shape index (κ2) is 5.99. The van der Waals surface area contributed by atoms with E-state index in [4.69, 9.17) is 4.74 Å². The van der Waals surface area contributed by atoms with Crippen LogP contribution in [0.2, 0.25) is 6.82 Å². The topological polar surface area (TPSA) is 32.7 Å². The van der Waals surface area contributed by atoms with Crippen LogP contribution in [0.5, 0.6) is 0 Å². The summed E-state index contributed by atoms with van der Waals surface area (Å²) in [6.45, 7) is 1.71. The highest BCUT2D eigenvalue weighted by atomic mass is 19.3. The van der Waals surface area contributed by atoms with Gasteiger partial charge in [0.1, 0.15) is 0 Å². The van der Waals surface area contributed by atoms with Gasteiger partial charge in [-0.2, -0.15) is 0 Å². The molecule has 0 aromatic heterocycles. The third-order valence-corrected chi connectivity index (χ3v) is 3.32. The third kappa shape index (κ3) is 3.99. The lowest BCUT2D eigenvalue weighted by Crippen LogP contribution is -2.43. The van der Waals surface area contributed by atoms with Gasteiger partial charge >= 0.3 is 7.05 Å². The van der Waals surface area contributed by atoms with E-state index in [1.807, 2.05) is 30.3 Å². The van der Waals surface area contributed by atoms with Crippen LogP contribution in [0.25, 0.3) is 0 Å². The number of hydrogen-bond acceptors (Lipinski definition) is 3. The molecule has 1 aliphatic heterocycles. The van der Waals surface area contributed by atoms with E-state index in [-0.39, 0.29) is 13.0 Å². The molecule has 19 heavy (non-hydrogen) atoms. The smallest absolute Gasteiger partial charge is 0.376 e. The first kappa shape index (κ1) is 14.4. The van der Waals surface area contributed by atoms with Crippen molar-refractivity contribution in [3.8, 4) is 0 Å². The Bertz CT molecular complexity index is 403. The van der Waals surface area contributed by atoms with Crippen molar-refractivity contribution >= 4 is 7.05 Å². The van der Waals surface area contributed by atoms with E-state index in [9.17, 15) is 13.8 Å². The zero-order chi connectivity index (χ0) is 13.9. The van der Waals surface area contributed by atoms with Crippen LogP contribution in [0.3, 0.4) is 0 Å². The van der Waals surface area contributed by atoms with Gasteiger partial charge in [0.05, 0.1) is 19.8 Å². The maximum Gasteiger partial charge on any atom is 0.376 e. The molecular weight excluding hydrogens is 251 g/mol. The average molecular weight is 269 g/mol. The highest BCUT2D eigenvalue weighted by molar-refractivity contribution is 6.45. The second-order valence-corrected chi connectivity index (χ2v) is 5.02.